The molecule has 0 bridgehead atoms. The minimum atomic E-state index is -0.273. The molecule has 2 N–H and O–H groups in total. The highest BCUT2D eigenvalue weighted by molar-refractivity contribution is 5.69. The number of aryl methyl sites for hydroxylation is 1. The molecule has 0 aromatic heterocycles. The number of rotatable bonds is 6. The molecule has 22 heavy (non-hydrogen) atoms. The van der Waals surface area contributed by atoms with Crippen LogP contribution in [0.3, 0.4) is 0 Å². The number of methoxy groups -OCH3 is 1. The SMILES string of the molecule is COC(=O)CCCc1ccc(C(N)c2ccc(F)cc2)cc1. The summed E-state index contributed by atoms with van der Waals surface area (Å²) in [5.41, 5.74) is 9.19. The lowest BCUT2D eigenvalue weighted by Gasteiger charge is -2.13. The summed E-state index contributed by atoms with van der Waals surface area (Å²) in [4.78, 5) is 11.1. The Kier molecular flexibility index (Phi) is 5.67. The second-order valence-electron chi connectivity index (χ2n) is 5.20. The number of hydrogen-bond donors (Lipinski definition) is 1. The first-order valence-corrected chi connectivity index (χ1v) is 7.27. The summed E-state index contributed by atoms with van der Waals surface area (Å²) in [6.45, 7) is 0. The zero-order valence-corrected chi connectivity index (χ0v) is 12.6. The van der Waals surface area contributed by atoms with Crippen LogP contribution in [0, 0.1) is 5.82 Å². The van der Waals surface area contributed by atoms with Crippen molar-refractivity contribution in [2.45, 2.75) is 25.3 Å². The molecule has 0 saturated carbocycles. The Morgan fingerprint density at radius 3 is 2.18 bits per heavy atom. The van der Waals surface area contributed by atoms with Gasteiger partial charge in [-0.2, -0.15) is 0 Å². The predicted molar refractivity (Wildman–Crippen MR) is 83.8 cm³/mol. The fraction of sp³-hybridized carbons (Fsp3) is 0.278. The number of hydrogen-bond acceptors (Lipinski definition) is 3. The summed E-state index contributed by atoms with van der Waals surface area (Å²) in [5, 5.41) is 0. The summed E-state index contributed by atoms with van der Waals surface area (Å²) < 4.78 is 17.5. The highest BCUT2D eigenvalue weighted by atomic mass is 19.1. The van der Waals surface area contributed by atoms with Crippen molar-refractivity contribution >= 4 is 5.97 Å². The van der Waals surface area contributed by atoms with Crippen LogP contribution in [0.5, 0.6) is 0 Å². The van der Waals surface area contributed by atoms with Gasteiger partial charge < -0.3 is 10.5 Å². The highest BCUT2D eigenvalue weighted by Crippen LogP contribution is 2.20. The first-order valence-electron chi connectivity index (χ1n) is 7.27. The van der Waals surface area contributed by atoms with Crippen molar-refractivity contribution in [2.24, 2.45) is 5.73 Å². The Labute approximate surface area is 129 Å². The van der Waals surface area contributed by atoms with Gasteiger partial charge in [0, 0.05) is 6.42 Å². The van der Waals surface area contributed by atoms with Gasteiger partial charge in [-0.05, 0) is 41.7 Å². The predicted octanol–water partition coefficient (Wildman–Crippen LogP) is 3.37. The molecule has 0 aliphatic rings. The Morgan fingerprint density at radius 2 is 1.64 bits per heavy atom. The average molecular weight is 301 g/mol. The first kappa shape index (κ1) is 16.2. The quantitative estimate of drug-likeness (QED) is 0.832. The molecule has 0 spiro atoms. The topological polar surface area (TPSA) is 52.3 Å². The Hall–Kier alpha value is -2.20. The van der Waals surface area contributed by atoms with Crippen LogP contribution in [-0.4, -0.2) is 13.1 Å². The third-order valence-electron chi connectivity index (χ3n) is 3.64. The maximum atomic E-state index is 12.9. The van der Waals surface area contributed by atoms with Gasteiger partial charge in [0.15, 0.2) is 0 Å². The van der Waals surface area contributed by atoms with Crippen molar-refractivity contribution in [3.05, 3.63) is 71.0 Å². The zero-order chi connectivity index (χ0) is 15.9. The van der Waals surface area contributed by atoms with E-state index in [1.54, 1.807) is 12.1 Å². The molecule has 1 atom stereocenters. The lowest BCUT2D eigenvalue weighted by molar-refractivity contribution is -0.140. The molecule has 0 amide bonds. The Bertz CT molecular complexity index is 608. The molecular formula is C18H20FNO2. The zero-order valence-electron chi connectivity index (χ0n) is 12.6. The average Bonchev–Trinajstić information content (AvgIpc) is 2.55. The van der Waals surface area contributed by atoms with Gasteiger partial charge in [0.1, 0.15) is 5.82 Å². The summed E-state index contributed by atoms with van der Waals surface area (Å²) in [7, 11) is 1.40. The van der Waals surface area contributed by atoms with Gasteiger partial charge in [0.05, 0.1) is 13.2 Å². The van der Waals surface area contributed by atoms with Crippen molar-refractivity contribution in [3.63, 3.8) is 0 Å². The second-order valence-corrected chi connectivity index (χ2v) is 5.20. The van der Waals surface area contributed by atoms with E-state index in [2.05, 4.69) is 4.74 Å². The first-order chi connectivity index (χ1) is 10.6. The van der Waals surface area contributed by atoms with Crippen LogP contribution in [-0.2, 0) is 16.0 Å². The Balaban J connectivity index is 1.96. The van der Waals surface area contributed by atoms with Gasteiger partial charge in [-0.25, -0.2) is 4.39 Å². The molecule has 1 unspecified atom stereocenters. The molecule has 0 radical (unpaired) electrons. The lowest BCUT2D eigenvalue weighted by Crippen LogP contribution is -2.11. The van der Waals surface area contributed by atoms with E-state index < -0.39 is 0 Å². The van der Waals surface area contributed by atoms with Gasteiger partial charge in [-0.1, -0.05) is 36.4 Å². The number of carbonyl (C=O) groups is 1. The van der Waals surface area contributed by atoms with Crippen LogP contribution in [0.25, 0.3) is 0 Å². The molecule has 2 rings (SSSR count). The third kappa shape index (κ3) is 4.40. The number of benzene rings is 2. The van der Waals surface area contributed by atoms with E-state index in [0.717, 1.165) is 29.5 Å². The van der Waals surface area contributed by atoms with Crippen LogP contribution >= 0.6 is 0 Å². The standard InChI is InChI=1S/C18H20FNO2/c1-22-17(21)4-2-3-13-5-7-14(8-6-13)18(20)15-9-11-16(19)12-10-15/h5-12,18H,2-4,20H2,1H3. The van der Waals surface area contributed by atoms with Crippen molar-refractivity contribution in [1.29, 1.82) is 0 Å². The van der Waals surface area contributed by atoms with Crippen LogP contribution in [0.2, 0.25) is 0 Å². The molecule has 0 saturated heterocycles. The van der Waals surface area contributed by atoms with Crippen molar-refractivity contribution < 1.29 is 13.9 Å². The number of ether oxygens (including phenoxy) is 1. The van der Waals surface area contributed by atoms with E-state index in [1.807, 2.05) is 24.3 Å². The van der Waals surface area contributed by atoms with E-state index in [0.29, 0.717) is 6.42 Å². The largest absolute Gasteiger partial charge is 0.469 e. The number of halogens is 1. The normalized spacial score (nSPS) is 12.0. The fourth-order valence-corrected chi connectivity index (χ4v) is 2.29. The van der Waals surface area contributed by atoms with E-state index in [-0.39, 0.29) is 17.8 Å². The number of carbonyl (C=O) groups excluding carboxylic acids is 1. The highest BCUT2D eigenvalue weighted by Gasteiger charge is 2.09. The number of esters is 1. The molecule has 2 aromatic carbocycles. The smallest absolute Gasteiger partial charge is 0.305 e. The number of nitrogens with two attached hydrogens (primary N) is 1. The molecule has 0 aliphatic heterocycles. The monoisotopic (exact) mass is 301 g/mol. The molecule has 0 aliphatic carbocycles. The van der Waals surface area contributed by atoms with Crippen LogP contribution in [0.4, 0.5) is 4.39 Å². The van der Waals surface area contributed by atoms with Gasteiger partial charge in [0.25, 0.3) is 0 Å². The van der Waals surface area contributed by atoms with Gasteiger partial charge in [0.2, 0.25) is 0 Å². The lowest BCUT2D eigenvalue weighted by atomic mass is 9.97. The van der Waals surface area contributed by atoms with Gasteiger partial charge >= 0.3 is 5.97 Å². The van der Waals surface area contributed by atoms with Crippen LogP contribution in [0.1, 0.15) is 35.6 Å². The molecular weight excluding hydrogens is 281 g/mol. The van der Waals surface area contributed by atoms with E-state index in [1.165, 1.54) is 19.2 Å². The molecule has 2 aromatic rings. The summed E-state index contributed by atoms with van der Waals surface area (Å²) >= 11 is 0. The van der Waals surface area contributed by atoms with Crippen LogP contribution in [0.15, 0.2) is 48.5 Å². The van der Waals surface area contributed by atoms with Gasteiger partial charge in [-0.15, -0.1) is 0 Å². The minimum absolute atomic E-state index is 0.185. The van der Waals surface area contributed by atoms with Gasteiger partial charge in [-0.3, -0.25) is 4.79 Å². The van der Waals surface area contributed by atoms with Crippen molar-refractivity contribution in [3.8, 4) is 0 Å². The fourth-order valence-electron chi connectivity index (χ4n) is 2.29. The molecule has 0 fully saturated rings. The van der Waals surface area contributed by atoms with Crippen LogP contribution < -0.4 is 5.73 Å². The van der Waals surface area contributed by atoms with E-state index in [9.17, 15) is 9.18 Å². The maximum Gasteiger partial charge on any atom is 0.305 e. The Morgan fingerprint density at radius 1 is 1.09 bits per heavy atom. The maximum absolute atomic E-state index is 12.9. The summed E-state index contributed by atoms with van der Waals surface area (Å²) in [6.07, 6.45) is 2.00. The summed E-state index contributed by atoms with van der Waals surface area (Å²) in [5.74, 6) is -0.452. The minimum Gasteiger partial charge on any atom is -0.469 e. The van der Waals surface area contributed by atoms with E-state index >= 15 is 0 Å². The molecule has 3 nitrogen and oxygen atoms in total. The van der Waals surface area contributed by atoms with Crippen molar-refractivity contribution in [1.82, 2.24) is 0 Å². The summed E-state index contributed by atoms with van der Waals surface area (Å²) in [6, 6.07) is 13.9. The van der Waals surface area contributed by atoms with Crippen molar-refractivity contribution in [2.75, 3.05) is 7.11 Å². The van der Waals surface area contributed by atoms with E-state index in [4.69, 9.17) is 5.73 Å². The molecule has 4 heteroatoms. The molecule has 116 valence electrons. The third-order valence-corrected chi connectivity index (χ3v) is 3.64. The molecule has 0 heterocycles. The second kappa shape index (κ2) is 7.71.